The topological polar surface area (TPSA) is 42.0 Å². The standard InChI is InChI=1S/C9H13ClN2OS/c1-6-12-9(10)8(14-6)7(13)4-3-5-11-2/h11H,3-5H2,1-2H3. The number of rotatable bonds is 5. The molecule has 0 saturated carbocycles. The third-order valence-electron chi connectivity index (χ3n) is 1.78. The van der Waals surface area contributed by atoms with E-state index in [1.165, 1.54) is 11.3 Å². The summed E-state index contributed by atoms with van der Waals surface area (Å²) in [6.07, 6.45) is 1.37. The monoisotopic (exact) mass is 232 g/mol. The summed E-state index contributed by atoms with van der Waals surface area (Å²) < 4.78 is 0. The van der Waals surface area contributed by atoms with Crippen molar-refractivity contribution in [2.45, 2.75) is 19.8 Å². The molecule has 0 aliphatic carbocycles. The number of nitrogens with zero attached hydrogens (tertiary/aromatic N) is 1. The van der Waals surface area contributed by atoms with Gasteiger partial charge in [-0.15, -0.1) is 11.3 Å². The van der Waals surface area contributed by atoms with Crippen LogP contribution in [0.25, 0.3) is 0 Å². The molecule has 1 heterocycles. The Bertz CT molecular complexity index is 325. The zero-order valence-corrected chi connectivity index (χ0v) is 9.84. The van der Waals surface area contributed by atoms with E-state index in [-0.39, 0.29) is 5.78 Å². The number of ketones is 1. The van der Waals surface area contributed by atoms with E-state index in [0.29, 0.717) is 16.5 Å². The lowest BCUT2D eigenvalue weighted by Crippen LogP contribution is -2.09. The maximum absolute atomic E-state index is 11.6. The molecule has 5 heteroatoms. The van der Waals surface area contributed by atoms with Gasteiger partial charge in [0.15, 0.2) is 10.9 Å². The van der Waals surface area contributed by atoms with Gasteiger partial charge in [-0.3, -0.25) is 4.79 Å². The SMILES string of the molecule is CNCCCC(=O)c1sc(C)nc1Cl. The molecule has 0 amide bonds. The molecular weight excluding hydrogens is 220 g/mol. The number of aryl methyl sites for hydroxylation is 1. The third-order valence-corrected chi connectivity index (χ3v) is 3.17. The van der Waals surface area contributed by atoms with Gasteiger partial charge in [-0.05, 0) is 26.9 Å². The highest BCUT2D eigenvalue weighted by molar-refractivity contribution is 7.14. The van der Waals surface area contributed by atoms with E-state index in [0.717, 1.165) is 18.0 Å². The fourth-order valence-corrected chi connectivity index (χ4v) is 2.29. The Labute approximate surface area is 92.5 Å². The molecule has 1 aromatic rings. The quantitative estimate of drug-likeness (QED) is 0.626. The normalized spacial score (nSPS) is 10.5. The molecule has 3 nitrogen and oxygen atoms in total. The molecule has 0 aliphatic heterocycles. The van der Waals surface area contributed by atoms with Gasteiger partial charge in [-0.2, -0.15) is 0 Å². The fourth-order valence-electron chi connectivity index (χ4n) is 1.11. The van der Waals surface area contributed by atoms with Crippen molar-refractivity contribution in [1.29, 1.82) is 0 Å². The molecule has 0 spiro atoms. The van der Waals surface area contributed by atoms with E-state index in [1.54, 1.807) is 0 Å². The highest BCUT2D eigenvalue weighted by Gasteiger charge is 2.14. The van der Waals surface area contributed by atoms with E-state index < -0.39 is 0 Å². The summed E-state index contributed by atoms with van der Waals surface area (Å²) in [6, 6.07) is 0. The Morgan fingerprint density at radius 3 is 2.86 bits per heavy atom. The first kappa shape index (κ1) is 11.6. The van der Waals surface area contributed by atoms with Crippen molar-refractivity contribution in [3.05, 3.63) is 15.0 Å². The second kappa shape index (κ2) is 5.44. The van der Waals surface area contributed by atoms with Crippen molar-refractivity contribution in [2.24, 2.45) is 0 Å². The molecule has 14 heavy (non-hydrogen) atoms. The molecule has 78 valence electrons. The van der Waals surface area contributed by atoms with Gasteiger partial charge in [0.05, 0.1) is 5.01 Å². The van der Waals surface area contributed by atoms with Crippen LogP contribution in [-0.4, -0.2) is 24.4 Å². The summed E-state index contributed by atoms with van der Waals surface area (Å²) in [5.74, 6) is 0.0934. The molecule has 0 unspecified atom stereocenters. The van der Waals surface area contributed by atoms with Gasteiger partial charge < -0.3 is 5.32 Å². The first-order valence-corrected chi connectivity index (χ1v) is 5.65. The van der Waals surface area contributed by atoms with Gasteiger partial charge >= 0.3 is 0 Å². The summed E-state index contributed by atoms with van der Waals surface area (Å²) in [5.41, 5.74) is 0. The van der Waals surface area contributed by atoms with Crippen LogP contribution in [0.3, 0.4) is 0 Å². The largest absolute Gasteiger partial charge is 0.320 e. The first-order valence-electron chi connectivity index (χ1n) is 4.46. The molecule has 1 rings (SSSR count). The van der Waals surface area contributed by atoms with Crippen molar-refractivity contribution in [3.63, 3.8) is 0 Å². The van der Waals surface area contributed by atoms with E-state index in [9.17, 15) is 4.79 Å². The number of nitrogens with one attached hydrogen (secondary N) is 1. The number of halogens is 1. The average Bonchev–Trinajstić information content (AvgIpc) is 2.45. The van der Waals surface area contributed by atoms with Crippen molar-refractivity contribution in [3.8, 4) is 0 Å². The molecule has 1 aromatic heterocycles. The Morgan fingerprint density at radius 1 is 1.64 bits per heavy atom. The van der Waals surface area contributed by atoms with Crippen LogP contribution in [0.5, 0.6) is 0 Å². The number of hydrogen-bond donors (Lipinski definition) is 1. The second-order valence-electron chi connectivity index (χ2n) is 2.98. The Hall–Kier alpha value is -0.450. The fraction of sp³-hybridized carbons (Fsp3) is 0.556. The molecule has 0 bridgehead atoms. The van der Waals surface area contributed by atoms with Crippen molar-refractivity contribution in [1.82, 2.24) is 10.3 Å². The zero-order valence-electron chi connectivity index (χ0n) is 8.26. The van der Waals surface area contributed by atoms with Crippen LogP contribution in [0.2, 0.25) is 5.15 Å². The van der Waals surface area contributed by atoms with Gasteiger partial charge in [-0.25, -0.2) is 4.98 Å². The maximum atomic E-state index is 11.6. The van der Waals surface area contributed by atoms with Crippen LogP contribution in [-0.2, 0) is 0 Å². The smallest absolute Gasteiger partial charge is 0.176 e. The Balaban J connectivity index is 2.56. The minimum atomic E-state index is 0.0934. The number of carbonyl (C=O) groups excluding carboxylic acids is 1. The van der Waals surface area contributed by atoms with E-state index >= 15 is 0 Å². The number of hydrogen-bond acceptors (Lipinski definition) is 4. The van der Waals surface area contributed by atoms with Gasteiger partial charge in [0.1, 0.15) is 4.88 Å². The van der Waals surface area contributed by atoms with E-state index in [4.69, 9.17) is 11.6 Å². The average molecular weight is 233 g/mol. The highest BCUT2D eigenvalue weighted by atomic mass is 35.5. The van der Waals surface area contributed by atoms with Gasteiger partial charge in [0.2, 0.25) is 0 Å². The summed E-state index contributed by atoms with van der Waals surface area (Å²) in [6.45, 7) is 2.70. The third kappa shape index (κ3) is 3.04. The Morgan fingerprint density at radius 2 is 2.36 bits per heavy atom. The van der Waals surface area contributed by atoms with Crippen LogP contribution in [0.15, 0.2) is 0 Å². The molecule has 0 saturated heterocycles. The lowest BCUT2D eigenvalue weighted by molar-refractivity contribution is 0.0984. The van der Waals surface area contributed by atoms with Crippen molar-refractivity contribution < 1.29 is 4.79 Å². The van der Waals surface area contributed by atoms with Crippen molar-refractivity contribution in [2.75, 3.05) is 13.6 Å². The molecule has 0 aromatic carbocycles. The lowest BCUT2D eigenvalue weighted by atomic mass is 10.2. The summed E-state index contributed by atoms with van der Waals surface area (Å²) in [7, 11) is 1.87. The zero-order chi connectivity index (χ0) is 10.6. The molecule has 0 fully saturated rings. The second-order valence-corrected chi connectivity index (χ2v) is 4.54. The van der Waals surface area contributed by atoms with Crippen LogP contribution in [0, 0.1) is 6.92 Å². The predicted molar refractivity (Wildman–Crippen MR) is 59.4 cm³/mol. The highest BCUT2D eigenvalue weighted by Crippen LogP contribution is 2.24. The molecule has 0 radical (unpaired) electrons. The van der Waals surface area contributed by atoms with E-state index in [1.807, 2.05) is 14.0 Å². The molecular formula is C9H13ClN2OS. The Kier molecular flexibility index (Phi) is 4.51. The predicted octanol–water partition coefficient (Wildman–Crippen LogP) is 2.29. The minimum absolute atomic E-state index is 0.0934. The minimum Gasteiger partial charge on any atom is -0.320 e. The van der Waals surface area contributed by atoms with Gasteiger partial charge in [-0.1, -0.05) is 11.6 Å². The summed E-state index contributed by atoms with van der Waals surface area (Å²) in [5, 5.41) is 4.19. The summed E-state index contributed by atoms with van der Waals surface area (Å²) >= 11 is 7.18. The van der Waals surface area contributed by atoms with Crippen LogP contribution >= 0.6 is 22.9 Å². The van der Waals surface area contributed by atoms with Crippen LogP contribution < -0.4 is 5.32 Å². The molecule has 0 atom stereocenters. The maximum Gasteiger partial charge on any atom is 0.176 e. The number of Topliss-reactive ketones (excluding diaryl/α,β-unsaturated/α-hetero) is 1. The first-order chi connectivity index (χ1) is 6.65. The molecule has 1 N–H and O–H groups in total. The van der Waals surface area contributed by atoms with Crippen LogP contribution in [0.4, 0.5) is 0 Å². The molecule has 0 aliphatic rings. The van der Waals surface area contributed by atoms with Gasteiger partial charge in [0, 0.05) is 6.42 Å². The van der Waals surface area contributed by atoms with Crippen molar-refractivity contribution >= 4 is 28.7 Å². The lowest BCUT2D eigenvalue weighted by Gasteiger charge is -1.97. The van der Waals surface area contributed by atoms with E-state index in [2.05, 4.69) is 10.3 Å². The number of thiazole rings is 1. The van der Waals surface area contributed by atoms with Gasteiger partial charge in [0.25, 0.3) is 0 Å². The summed E-state index contributed by atoms with van der Waals surface area (Å²) in [4.78, 5) is 16.2. The number of carbonyl (C=O) groups is 1. The number of aromatic nitrogens is 1. The van der Waals surface area contributed by atoms with Crippen LogP contribution in [0.1, 0.15) is 27.5 Å².